The molecular weight excluding hydrogens is 428 g/mol. The van der Waals surface area contributed by atoms with Gasteiger partial charge in [0.2, 0.25) is 0 Å². The number of aromatic nitrogens is 2. The summed E-state index contributed by atoms with van der Waals surface area (Å²) in [5, 5.41) is 19.8. The normalized spacial score (nSPS) is 21.9. The summed E-state index contributed by atoms with van der Waals surface area (Å²) in [6.07, 6.45) is 4.29. The molecule has 2 aliphatic heterocycles. The van der Waals surface area contributed by atoms with Gasteiger partial charge in [0.05, 0.1) is 35.9 Å². The topological polar surface area (TPSA) is 121 Å². The number of hydrogen-bond donors (Lipinski definition) is 3. The maximum Gasteiger partial charge on any atom is 0.251 e. The number of pyridine rings is 1. The molecule has 170 valence electrons. The molecule has 9 nitrogen and oxygen atoms in total. The highest BCUT2D eigenvalue weighted by Crippen LogP contribution is 2.28. The molecule has 0 aromatic carbocycles. The fraction of sp³-hybridized carbons (Fsp3) is 0.545. The van der Waals surface area contributed by atoms with Crippen molar-refractivity contribution in [1.82, 2.24) is 20.6 Å². The zero-order chi connectivity index (χ0) is 22.3. The number of nitrogens with zero attached hydrogens (tertiary/aromatic N) is 3. The molecule has 0 saturated carbocycles. The molecule has 1 fully saturated rings. The van der Waals surface area contributed by atoms with Crippen molar-refractivity contribution < 1.29 is 14.3 Å². The average Bonchev–Trinajstić information content (AvgIpc) is 3.27. The third-order valence-corrected chi connectivity index (χ3v) is 6.65. The monoisotopic (exact) mass is 456 g/mol. The second-order valence-corrected chi connectivity index (χ2v) is 9.03. The third-order valence-electron chi connectivity index (χ3n) is 5.61. The second kappa shape index (κ2) is 10.8. The number of ether oxygens (including phenoxy) is 2. The number of nitriles is 1. The van der Waals surface area contributed by atoms with E-state index in [0.717, 1.165) is 59.3 Å². The van der Waals surface area contributed by atoms with E-state index in [0.29, 0.717) is 19.6 Å². The van der Waals surface area contributed by atoms with Crippen LogP contribution >= 0.6 is 11.3 Å². The smallest absolute Gasteiger partial charge is 0.251 e. The number of aryl methyl sites for hydroxylation is 1. The van der Waals surface area contributed by atoms with Gasteiger partial charge < -0.3 is 25.4 Å². The van der Waals surface area contributed by atoms with Crippen LogP contribution in [0.4, 0.5) is 5.69 Å². The van der Waals surface area contributed by atoms with E-state index in [1.54, 1.807) is 13.3 Å². The Kier molecular flexibility index (Phi) is 7.65. The number of fused-ring (bicyclic) bond motifs is 1. The Morgan fingerprint density at radius 2 is 2.38 bits per heavy atom. The van der Waals surface area contributed by atoms with Crippen LogP contribution in [0.15, 0.2) is 18.3 Å². The van der Waals surface area contributed by atoms with E-state index in [1.807, 2.05) is 12.1 Å². The largest absolute Gasteiger partial charge is 0.384 e. The van der Waals surface area contributed by atoms with Crippen LogP contribution in [0, 0.1) is 11.3 Å². The lowest BCUT2D eigenvalue weighted by Crippen LogP contribution is -2.49. The average molecular weight is 457 g/mol. The number of carbonyl (C=O) groups is 1. The van der Waals surface area contributed by atoms with Crippen LogP contribution in [0.2, 0.25) is 0 Å². The Bertz CT molecular complexity index is 975. The summed E-state index contributed by atoms with van der Waals surface area (Å²) in [6, 6.07) is 5.53. The lowest BCUT2D eigenvalue weighted by Gasteiger charge is -2.25. The minimum Gasteiger partial charge on any atom is -0.384 e. The number of carbonyl (C=O) groups excluding carboxylic acids is 1. The van der Waals surface area contributed by atoms with Crippen molar-refractivity contribution in [2.75, 3.05) is 38.7 Å². The summed E-state index contributed by atoms with van der Waals surface area (Å²) >= 11 is 1.50. The molecule has 10 heteroatoms. The van der Waals surface area contributed by atoms with E-state index in [2.05, 4.69) is 27.0 Å². The van der Waals surface area contributed by atoms with Gasteiger partial charge in [0.25, 0.3) is 5.91 Å². The predicted octanol–water partition coefficient (Wildman–Crippen LogP) is 1.51. The van der Waals surface area contributed by atoms with Crippen LogP contribution < -0.4 is 16.0 Å². The van der Waals surface area contributed by atoms with Crippen molar-refractivity contribution in [1.29, 1.82) is 5.26 Å². The van der Waals surface area contributed by atoms with Crippen molar-refractivity contribution in [3.8, 4) is 16.8 Å². The van der Waals surface area contributed by atoms with Crippen LogP contribution in [0.3, 0.4) is 0 Å². The molecule has 0 aliphatic carbocycles. The standard InChI is InChI=1S/C22H28N6O3S/c1-30-15-6-8-24-12-20(31-13-15)21(29)27-14(10-23)9-16-11-26-22(32-16)19-5-4-17-18(28-19)3-2-7-25-17/h4-5,11,14-15,20,24-25H,2-3,6-9,12-13H2,1H3,(H,27,29)/t14?,15-,20+/m1/s1. The minimum absolute atomic E-state index is 0.0477. The van der Waals surface area contributed by atoms with Gasteiger partial charge in [-0.1, -0.05) is 0 Å². The second-order valence-electron chi connectivity index (χ2n) is 7.92. The molecular formula is C22H28N6O3S. The number of amides is 1. The summed E-state index contributed by atoms with van der Waals surface area (Å²) in [4.78, 5) is 22.9. The molecule has 0 bridgehead atoms. The molecule has 1 saturated heterocycles. The summed E-state index contributed by atoms with van der Waals surface area (Å²) in [7, 11) is 1.64. The van der Waals surface area contributed by atoms with Gasteiger partial charge in [0, 0.05) is 37.7 Å². The van der Waals surface area contributed by atoms with Crippen molar-refractivity contribution in [2.45, 2.75) is 43.9 Å². The first-order valence-electron chi connectivity index (χ1n) is 10.9. The Labute approximate surface area is 191 Å². The third kappa shape index (κ3) is 5.61. The van der Waals surface area contributed by atoms with Crippen molar-refractivity contribution in [2.24, 2.45) is 0 Å². The highest BCUT2D eigenvalue weighted by molar-refractivity contribution is 7.15. The van der Waals surface area contributed by atoms with Gasteiger partial charge in [0.15, 0.2) is 0 Å². The fourth-order valence-electron chi connectivity index (χ4n) is 3.78. The van der Waals surface area contributed by atoms with Gasteiger partial charge in [-0.15, -0.1) is 11.3 Å². The Morgan fingerprint density at radius 3 is 3.22 bits per heavy atom. The highest BCUT2D eigenvalue weighted by Gasteiger charge is 2.25. The zero-order valence-electron chi connectivity index (χ0n) is 18.1. The zero-order valence-corrected chi connectivity index (χ0v) is 18.9. The van der Waals surface area contributed by atoms with Gasteiger partial charge in [-0.3, -0.25) is 4.79 Å². The van der Waals surface area contributed by atoms with E-state index in [1.165, 1.54) is 11.3 Å². The quantitative estimate of drug-likeness (QED) is 0.598. The number of hydrogen-bond acceptors (Lipinski definition) is 9. The van der Waals surface area contributed by atoms with E-state index >= 15 is 0 Å². The molecule has 0 spiro atoms. The Morgan fingerprint density at radius 1 is 1.47 bits per heavy atom. The van der Waals surface area contributed by atoms with Crippen LogP contribution in [-0.2, 0) is 27.1 Å². The molecule has 32 heavy (non-hydrogen) atoms. The fourth-order valence-corrected chi connectivity index (χ4v) is 4.71. The minimum atomic E-state index is -0.663. The molecule has 1 unspecified atom stereocenters. The predicted molar refractivity (Wildman–Crippen MR) is 121 cm³/mol. The Balaban J connectivity index is 1.36. The summed E-state index contributed by atoms with van der Waals surface area (Å²) < 4.78 is 11.1. The SMILES string of the molecule is CO[C@@H]1CCNC[C@@H](C(=O)NC(C#N)Cc2cnc(-c3ccc4c(n3)CCCN4)s2)OC1. The summed E-state index contributed by atoms with van der Waals surface area (Å²) in [5.41, 5.74) is 2.99. The van der Waals surface area contributed by atoms with Gasteiger partial charge in [-0.25, -0.2) is 9.97 Å². The highest BCUT2D eigenvalue weighted by atomic mass is 32.1. The molecule has 3 N–H and O–H groups in total. The van der Waals surface area contributed by atoms with Gasteiger partial charge in [-0.2, -0.15) is 5.26 Å². The van der Waals surface area contributed by atoms with Crippen LogP contribution in [0.1, 0.15) is 23.4 Å². The molecule has 4 heterocycles. The van der Waals surface area contributed by atoms with E-state index in [9.17, 15) is 10.1 Å². The van der Waals surface area contributed by atoms with Crippen molar-refractivity contribution >= 4 is 22.9 Å². The number of nitrogens with one attached hydrogen (secondary N) is 3. The van der Waals surface area contributed by atoms with Gasteiger partial charge in [0.1, 0.15) is 17.2 Å². The maximum atomic E-state index is 12.7. The lowest BCUT2D eigenvalue weighted by molar-refractivity contribution is -0.136. The molecule has 2 aliphatic rings. The van der Waals surface area contributed by atoms with Crippen LogP contribution in [0.25, 0.3) is 10.7 Å². The van der Waals surface area contributed by atoms with Crippen LogP contribution in [-0.4, -0.2) is 67.5 Å². The molecule has 4 rings (SSSR count). The number of methoxy groups -OCH3 is 1. The number of anilines is 1. The summed E-state index contributed by atoms with van der Waals surface area (Å²) in [6.45, 7) is 2.49. The van der Waals surface area contributed by atoms with Crippen molar-refractivity contribution in [3.05, 3.63) is 28.9 Å². The van der Waals surface area contributed by atoms with Gasteiger partial charge in [-0.05, 0) is 37.9 Å². The molecule has 1 amide bonds. The first kappa shape index (κ1) is 22.6. The van der Waals surface area contributed by atoms with Gasteiger partial charge >= 0.3 is 0 Å². The maximum absolute atomic E-state index is 12.7. The van der Waals surface area contributed by atoms with Crippen molar-refractivity contribution in [3.63, 3.8) is 0 Å². The molecule has 3 atom stereocenters. The Hall–Kier alpha value is -2.58. The number of thiazole rings is 1. The molecule has 2 aromatic rings. The lowest BCUT2D eigenvalue weighted by atomic mass is 10.1. The van der Waals surface area contributed by atoms with E-state index < -0.39 is 12.1 Å². The molecule has 2 aromatic heterocycles. The van der Waals surface area contributed by atoms with E-state index in [-0.39, 0.29) is 12.0 Å². The number of rotatable bonds is 6. The molecule has 0 radical (unpaired) electrons. The first-order valence-corrected chi connectivity index (χ1v) is 11.7. The van der Waals surface area contributed by atoms with E-state index in [4.69, 9.17) is 14.5 Å². The summed E-state index contributed by atoms with van der Waals surface area (Å²) in [5.74, 6) is -0.297. The first-order chi connectivity index (χ1) is 15.7. The van der Waals surface area contributed by atoms with Crippen LogP contribution in [0.5, 0.6) is 0 Å².